The van der Waals surface area contributed by atoms with Gasteiger partial charge in [-0.1, -0.05) is 13.8 Å². The average Bonchev–Trinajstić information content (AvgIpc) is 2.38. The molecule has 0 radical (unpaired) electrons. The molecule has 4 nitrogen and oxygen atoms in total. The van der Waals surface area contributed by atoms with Gasteiger partial charge < -0.3 is 15.0 Å². The minimum absolute atomic E-state index is 0.256. The minimum Gasteiger partial charge on any atom is -0.450 e. The van der Waals surface area contributed by atoms with E-state index in [0.29, 0.717) is 6.61 Å². The van der Waals surface area contributed by atoms with Crippen molar-refractivity contribution in [2.45, 2.75) is 46.1 Å². The molecule has 1 fully saturated rings. The van der Waals surface area contributed by atoms with Crippen LogP contribution in [0.5, 0.6) is 0 Å². The molecule has 1 saturated heterocycles. The zero-order chi connectivity index (χ0) is 14.8. The monoisotopic (exact) mass is 302 g/mol. The summed E-state index contributed by atoms with van der Waals surface area (Å²) in [7, 11) is 0. The molecule has 0 aromatic heterocycles. The highest BCUT2D eigenvalue weighted by Crippen LogP contribution is 2.13. The molecule has 0 aromatic rings. The summed E-state index contributed by atoms with van der Waals surface area (Å²) in [6.45, 7) is 10.1. The van der Waals surface area contributed by atoms with Crippen LogP contribution in [0.15, 0.2) is 0 Å². The lowest BCUT2D eigenvalue weighted by atomic mass is 10.1. The number of nitrogens with zero attached hydrogens (tertiary/aromatic N) is 1. The van der Waals surface area contributed by atoms with E-state index in [4.69, 9.17) is 4.74 Å². The Morgan fingerprint density at radius 2 is 2.30 bits per heavy atom. The van der Waals surface area contributed by atoms with Crippen LogP contribution >= 0.6 is 11.8 Å². The van der Waals surface area contributed by atoms with E-state index in [0.717, 1.165) is 38.4 Å². The molecule has 118 valence electrons. The largest absolute Gasteiger partial charge is 0.450 e. The Bertz CT molecular complexity index is 275. The van der Waals surface area contributed by atoms with Crippen LogP contribution in [0.4, 0.5) is 4.79 Å². The number of rotatable bonds is 8. The van der Waals surface area contributed by atoms with E-state index in [2.05, 4.69) is 35.8 Å². The standard InChI is InChI=1S/C15H30N2O2S/c1-4-19-15(18)16-14-7-5-8-17(11-14)9-6-10-20-12-13(2)3/h13-14H,4-12H2,1-3H3,(H,16,18)/t14-/m1/s1. The molecule has 0 saturated carbocycles. The molecule has 20 heavy (non-hydrogen) atoms. The van der Waals surface area contributed by atoms with Crippen LogP contribution < -0.4 is 5.32 Å². The first-order valence-electron chi connectivity index (χ1n) is 7.85. The predicted molar refractivity (Wildman–Crippen MR) is 86.4 cm³/mol. The van der Waals surface area contributed by atoms with Gasteiger partial charge in [-0.25, -0.2) is 4.79 Å². The Labute approximate surface area is 128 Å². The van der Waals surface area contributed by atoms with E-state index < -0.39 is 0 Å². The van der Waals surface area contributed by atoms with Crippen molar-refractivity contribution in [3.05, 3.63) is 0 Å². The fourth-order valence-electron chi connectivity index (χ4n) is 2.43. The summed E-state index contributed by atoms with van der Waals surface area (Å²) in [5, 5.41) is 2.96. The Morgan fingerprint density at radius 1 is 1.50 bits per heavy atom. The summed E-state index contributed by atoms with van der Waals surface area (Å²) in [4.78, 5) is 13.9. The van der Waals surface area contributed by atoms with E-state index in [-0.39, 0.29) is 12.1 Å². The highest BCUT2D eigenvalue weighted by molar-refractivity contribution is 7.99. The molecule has 0 unspecified atom stereocenters. The Balaban J connectivity index is 2.12. The number of carbonyl (C=O) groups excluding carboxylic acids is 1. The SMILES string of the molecule is CCOC(=O)N[C@@H]1CCCN(CCCSCC(C)C)C1. The van der Waals surface area contributed by atoms with Crippen molar-refractivity contribution in [2.24, 2.45) is 5.92 Å². The van der Waals surface area contributed by atoms with Crippen molar-refractivity contribution in [1.82, 2.24) is 10.2 Å². The third kappa shape index (κ3) is 8.00. The van der Waals surface area contributed by atoms with Crippen molar-refractivity contribution in [1.29, 1.82) is 0 Å². The van der Waals surface area contributed by atoms with Crippen LogP contribution in [-0.2, 0) is 4.74 Å². The van der Waals surface area contributed by atoms with E-state index in [9.17, 15) is 4.79 Å². The van der Waals surface area contributed by atoms with Crippen LogP contribution in [0.3, 0.4) is 0 Å². The maximum atomic E-state index is 11.4. The number of hydrogen-bond donors (Lipinski definition) is 1. The van der Waals surface area contributed by atoms with Crippen molar-refractivity contribution < 1.29 is 9.53 Å². The lowest BCUT2D eigenvalue weighted by Crippen LogP contribution is -2.48. The molecule has 0 aromatic carbocycles. The van der Waals surface area contributed by atoms with E-state index in [1.165, 1.54) is 17.9 Å². The summed E-state index contributed by atoms with van der Waals surface area (Å²) >= 11 is 2.05. The quantitative estimate of drug-likeness (QED) is 0.700. The van der Waals surface area contributed by atoms with Crippen LogP contribution in [0.2, 0.25) is 0 Å². The Kier molecular flexibility index (Phi) is 9.10. The van der Waals surface area contributed by atoms with Gasteiger partial charge in [-0.15, -0.1) is 0 Å². The van der Waals surface area contributed by atoms with Gasteiger partial charge in [-0.2, -0.15) is 11.8 Å². The number of amides is 1. The molecular weight excluding hydrogens is 272 g/mol. The van der Waals surface area contributed by atoms with Crippen molar-refractivity contribution in [3.63, 3.8) is 0 Å². The van der Waals surface area contributed by atoms with Crippen LogP contribution in [0.1, 0.15) is 40.0 Å². The molecule has 5 heteroatoms. The van der Waals surface area contributed by atoms with Gasteiger partial charge in [0.25, 0.3) is 0 Å². The number of ether oxygens (including phenoxy) is 1. The second kappa shape index (κ2) is 10.3. The maximum Gasteiger partial charge on any atom is 0.407 e. The number of hydrogen-bond acceptors (Lipinski definition) is 4. The third-order valence-electron chi connectivity index (χ3n) is 3.32. The highest BCUT2D eigenvalue weighted by Gasteiger charge is 2.21. The zero-order valence-electron chi connectivity index (χ0n) is 13.2. The molecule has 1 aliphatic heterocycles. The van der Waals surface area contributed by atoms with E-state index in [1.807, 2.05) is 6.92 Å². The van der Waals surface area contributed by atoms with E-state index in [1.54, 1.807) is 0 Å². The van der Waals surface area contributed by atoms with Gasteiger partial charge in [-0.05, 0) is 56.7 Å². The van der Waals surface area contributed by atoms with Crippen LogP contribution in [0, 0.1) is 5.92 Å². The molecule has 1 heterocycles. The summed E-state index contributed by atoms with van der Waals surface area (Å²) in [5.41, 5.74) is 0. The highest BCUT2D eigenvalue weighted by atomic mass is 32.2. The first kappa shape index (κ1) is 17.6. The number of carbonyl (C=O) groups is 1. The lowest BCUT2D eigenvalue weighted by molar-refractivity contribution is 0.134. The first-order chi connectivity index (χ1) is 9.61. The van der Waals surface area contributed by atoms with Gasteiger partial charge in [0.15, 0.2) is 0 Å². The fourth-order valence-corrected chi connectivity index (χ4v) is 3.40. The zero-order valence-corrected chi connectivity index (χ0v) is 14.0. The molecule has 1 N–H and O–H groups in total. The minimum atomic E-state index is -0.271. The van der Waals surface area contributed by atoms with Gasteiger partial charge in [-0.3, -0.25) is 0 Å². The van der Waals surface area contributed by atoms with Gasteiger partial charge in [0.2, 0.25) is 0 Å². The number of piperidine rings is 1. The predicted octanol–water partition coefficient (Wildman–Crippen LogP) is 2.98. The van der Waals surface area contributed by atoms with Crippen LogP contribution in [-0.4, -0.2) is 54.8 Å². The maximum absolute atomic E-state index is 11.4. The van der Waals surface area contributed by atoms with Crippen LogP contribution in [0.25, 0.3) is 0 Å². The molecule has 1 amide bonds. The van der Waals surface area contributed by atoms with Crippen molar-refractivity contribution >= 4 is 17.9 Å². The average molecular weight is 302 g/mol. The van der Waals surface area contributed by atoms with Gasteiger partial charge >= 0.3 is 6.09 Å². The van der Waals surface area contributed by atoms with Gasteiger partial charge in [0.05, 0.1) is 6.61 Å². The second-order valence-corrected chi connectivity index (χ2v) is 6.98. The second-order valence-electron chi connectivity index (χ2n) is 5.83. The summed E-state index contributed by atoms with van der Waals surface area (Å²) in [6, 6.07) is 0.256. The molecule has 1 atom stereocenters. The number of nitrogens with one attached hydrogen (secondary N) is 1. The molecular formula is C15H30N2O2S. The number of thioether (sulfide) groups is 1. The topological polar surface area (TPSA) is 41.6 Å². The molecule has 0 spiro atoms. The number of likely N-dealkylation sites (tertiary alicyclic amines) is 1. The normalized spacial score (nSPS) is 20.1. The molecule has 0 bridgehead atoms. The smallest absolute Gasteiger partial charge is 0.407 e. The molecule has 1 rings (SSSR count). The fraction of sp³-hybridized carbons (Fsp3) is 0.933. The Hall–Kier alpha value is -0.420. The number of alkyl carbamates (subject to hydrolysis) is 1. The lowest BCUT2D eigenvalue weighted by Gasteiger charge is -2.32. The van der Waals surface area contributed by atoms with Gasteiger partial charge in [0, 0.05) is 12.6 Å². The molecule has 0 aliphatic carbocycles. The first-order valence-corrected chi connectivity index (χ1v) is 9.00. The summed E-state index contributed by atoms with van der Waals surface area (Å²) < 4.78 is 4.94. The third-order valence-corrected chi connectivity index (χ3v) is 4.80. The van der Waals surface area contributed by atoms with E-state index >= 15 is 0 Å². The van der Waals surface area contributed by atoms with Crippen molar-refractivity contribution in [3.8, 4) is 0 Å². The Morgan fingerprint density at radius 3 is 3.00 bits per heavy atom. The summed E-state index contributed by atoms with van der Waals surface area (Å²) in [6.07, 6.45) is 3.20. The molecule has 1 aliphatic rings. The van der Waals surface area contributed by atoms with Gasteiger partial charge in [0.1, 0.15) is 0 Å². The van der Waals surface area contributed by atoms with Crippen molar-refractivity contribution in [2.75, 3.05) is 37.7 Å². The summed E-state index contributed by atoms with van der Waals surface area (Å²) in [5.74, 6) is 3.28.